The molecule has 1 aromatic carbocycles. The number of carbonyl (C=O) groups is 1. The summed E-state index contributed by atoms with van der Waals surface area (Å²) in [4.78, 5) is 27.8. The predicted octanol–water partition coefficient (Wildman–Crippen LogP) is 2.52. The monoisotopic (exact) mass is 433 g/mol. The Morgan fingerprint density at radius 3 is 2.96 bits per heavy atom. The first-order valence-corrected chi connectivity index (χ1v) is 9.80. The number of rotatable bonds is 4. The van der Waals surface area contributed by atoms with Gasteiger partial charge in [0.05, 0.1) is 17.8 Å². The Labute approximate surface area is 165 Å². The molecule has 0 aliphatic carbocycles. The summed E-state index contributed by atoms with van der Waals surface area (Å²) in [5, 5.41) is 14.9. The molecule has 1 unspecified atom stereocenters. The fourth-order valence-corrected chi connectivity index (χ4v) is 4.40. The second-order valence-corrected chi connectivity index (χ2v) is 7.89. The molecule has 2 fully saturated rings. The van der Waals surface area contributed by atoms with Crippen LogP contribution in [0.5, 0.6) is 0 Å². The number of benzene rings is 1. The molecule has 2 aliphatic rings. The van der Waals surface area contributed by atoms with E-state index in [-0.39, 0.29) is 11.7 Å². The standard InChI is InChI=1S/C18H20BrN5O3/c19-16-12-23(20-17(16)24(26)27)10-13-3-1-4-14(9-13)18(25)22-8-7-21-6-2-5-15(21)11-22/h1,3-4,9,12,15H,2,5-8,10-11H2. The van der Waals surface area contributed by atoms with Crippen molar-refractivity contribution in [3.8, 4) is 0 Å². The zero-order valence-electron chi connectivity index (χ0n) is 14.8. The Morgan fingerprint density at radius 1 is 1.33 bits per heavy atom. The molecule has 0 N–H and O–H groups in total. The van der Waals surface area contributed by atoms with Crippen LogP contribution in [0.1, 0.15) is 28.8 Å². The van der Waals surface area contributed by atoms with Gasteiger partial charge in [0.2, 0.25) is 0 Å². The molecule has 2 aliphatic heterocycles. The highest BCUT2D eigenvalue weighted by molar-refractivity contribution is 9.10. The third-order valence-corrected chi connectivity index (χ3v) is 5.82. The van der Waals surface area contributed by atoms with E-state index in [0.29, 0.717) is 22.6 Å². The Bertz CT molecular complexity index is 884. The molecule has 0 saturated carbocycles. The van der Waals surface area contributed by atoms with E-state index in [1.165, 1.54) is 11.1 Å². The number of nitrogens with zero attached hydrogens (tertiary/aromatic N) is 5. The van der Waals surface area contributed by atoms with E-state index in [9.17, 15) is 14.9 Å². The molecule has 27 heavy (non-hydrogen) atoms. The van der Waals surface area contributed by atoms with Gasteiger partial charge in [-0.15, -0.1) is 0 Å². The van der Waals surface area contributed by atoms with Crippen molar-refractivity contribution in [3.05, 3.63) is 56.2 Å². The Balaban J connectivity index is 1.48. The molecule has 1 amide bonds. The Morgan fingerprint density at radius 2 is 2.19 bits per heavy atom. The summed E-state index contributed by atoms with van der Waals surface area (Å²) in [7, 11) is 0. The van der Waals surface area contributed by atoms with Crippen LogP contribution in [0.2, 0.25) is 0 Å². The fourth-order valence-electron chi connectivity index (χ4n) is 3.94. The van der Waals surface area contributed by atoms with E-state index in [1.807, 2.05) is 29.2 Å². The number of carbonyl (C=O) groups excluding carboxylic acids is 1. The van der Waals surface area contributed by atoms with Crippen LogP contribution in [-0.2, 0) is 6.54 Å². The summed E-state index contributed by atoms with van der Waals surface area (Å²) >= 11 is 3.15. The first-order chi connectivity index (χ1) is 13.0. The van der Waals surface area contributed by atoms with Gasteiger partial charge in [-0.2, -0.15) is 4.68 Å². The number of aromatic nitrogens is 2. The van der Waals surface area contributed by atoms with Crippen molar-refractivity contribution in [2.24, 2.45) is 0 Å². The largest absolute Gasteiger partial charge is 0.404 e. The summed E-state index contributed by atoms with van der Waals surface area (Å²) in [6.07, 6.45) is 3.95. The molecule has 3 heterocycles. The van der Waals surface area contributed by atoms with Gasteiger partial charge in [-0.1, -0.05) is 12.1 Å². The molecule has 8 nitrogen and oxygen atoms in total. The van der Waals surface area contributed by atoms with Gasteiger partial charge in [-0.25, -0.2) is 0 Å². The minimum absolute atomic E-state index is 0.0519. The van der Waals surface area contributed by atoms with Gasteiger partial charge in [0, 0.05) is 31.2 Å². The molecule has 2 saturated heterocycles. The van der Waals surface area contributed by atoms with Gasteiger partial charge < -0.3 is 15.0 Å². The first-order valence-electron chi connectivity index (χ1n) is 9.01. The maximum Gasteiger partial charge on any atom is 0.404 e. The Hall–Kier alpha value is -2.26. The number of halogens is 1. The van der Waals surface area contributed by atoms with E-state index >= 15 is 0 Å². The lowest BCUT2D eigenvalue weighted by Crippen LogP contribution is -2.52. The van der Waals surface area contributed by atoms with Crippen LogP contribution < -0.4 is 0 Å². The minimum atomic E-state index is -0.525. The quantitative estimate of drug-likeness (QED) is 0.546. The van der Waals surface area contributed by atoms with Crippen molar-refractivity contribution < 1.29 is 9.72 Å². The van der Waals surface area contributed by atoms with Crippen LogP contribution in [-0.4, -0.2) is 62.6 Å². The lowest BCUT2D eigenvalue weighted by molar-refractivity contribution is -0.390. The van der Waals surface area contributed by atoms with Gasteiger partial charge >= 0.3 is 5.82 Å². The van der Waals surface area contributed by atoms with E-state index in [1.54, 1.807) is 6.20 Å². The molecule has 0 spiro atoms. The highest BCUT2D eigenvalue weighted by Gasteiger charge is 2.32. The van der Waals surface area contributed by atoms with Crippen molar-refractivity contribution in [3.63, 3.8) is 0 Å². The van der Waals surface area contributed by atoms with Crippen LogP contribution >= 0.6 is 15.9 Å². The number of hydrogen-bond acceptors (Lipinski definition) is 5. The number of amides is 1. The van der Waals surface area contributed by atoms with Crippen LogP contribution in [0, 0.1) is 10.1 Å². The zero-order chi connectivity index (χ0) is 19.0. The maximum absolute atomic E-state index is 12.9. The van der Waals surface area contributed by atoms with Crippen molar-refractivity contribution in [1.29, 1.82) is 0 Å². The average Bonchev–Trinajstić information content (AvgIpc) is 3.27. The second-order valence-electron chi connectivity index (χ2n) is 7.04. The zero-order valence-corrected chi connectivity index (χ0v) is 16.3. The van der Waals surface area contributed by atoms with Crippen LogP contribution in [0.25, 0.3) is 0 Å². The van der Waals surface area contributed by atoms with Crippen molar-refractivity contribution >= 4 is 27.7 Å². The summed E-state index contributed by atoms with van der Waals surface area (Å²) in [5.74, 6) is -0.160. The third kappa shape index (κ3) is 3.74. The summed E-state index contributed by atoms with van der Waals surface area (Å²) in [5.41, 5.74) is 1.53. The molecular formula is C18H20BrN5O3. The topological polar surface area (TPSA) is 84.5 Å². The molecule has 1 atom stereocenters. The summed E-state index contributed by atoms with van der Waals surface area (Å²) in [6.45, 7) is 4.01. The Kier molecular flexibility index (Phi) is 4.96. The normalized spacial score (nSPS) is 19.9. The molecule has 4 rings (SSSR count). The van der Waals surface area contributed by atoms with E-state index in [0.717, 1.165) is 38.2 Å². The average molecular weight is 434 g/mol. The lowest BCUT2D eigenvalue weighted by atomic mass is 10.1. The number of nitro groups is 1. The van der Waals surface area contributed by atoms with Gasteiger partial charge in [0.25, 0.3) is 5.91 Å². The highest BCUT2D eigenvalue weighted by atomic mass is 79.9. The molecule has 1 aromatic heterocycles. The number of piperazine rings is 1. The smallest absolute Gasteiger partial charge is 0.358 e. The molecule has 9 heteroatoms. The second kappa shape index (κ2) is 7.40. The highest BCUT2D eigenvalue weighted by Crippen LogP contribution is 2.24. The molecule has 0 radical (unpaired) electrons. The van der Waals surface area contributed by atoms with Crippen molar-refractivity contribution in [2.45, 2.75) is 25.4 Å². The fraction of sp³-hybridized carbons (Fsp3) is 0.444. The van der Waals surface area contributed by atoms with E-state index in [2.05, 4.69) is 25.9 Å². The van der Waals surface area contributed by atoms with E-state index in [4.69, 9.17) is 0 Å². The van der Waals surface area contributed by atoms with Gasteiger partial charge in [-0.3, -0.25) is 9.69 Å². The lowest BCUT2D eigenvalue weighted by Gasteiger charge is -2.37. The third-order valence-electron chi connectivity index (χ3n) is 5.27. The van der Waals surface area contributed by atoms with Gasteiger partial charge in [-0.05, 0) is 57.9 Å². The first kappa shape index (κ1) is 18.1. The van der Waals surface area contributed by atoms with E-state index < -0.39 is 4.92 Å². The SMILES string of the molecule is O=C(c1cccc(Cn2cc(Br)c([N+](=O)[O-])n2)c1)N1CCN2CCCC2C1. The summed E-state index contributed by atoms with van der Waals surface area (Å²) in [6, 6.07) is 7.92. The van der Waals surface area contributed by atoms with Crippen LogP contribution in [0.4, 0.5) is 5.82 Å². The minimum Gasteiger partial charge on any atom is -0.358 e. The number of fused-ring (bicyclic) bond motifs is 1. The molecule has 2 aromatic rings. The predicted molar refractivity (Wildman–Crippen MR) is 103 cm³/mol. The molecular weight excluding hydrogens is 414 g/mol. The summed E-state index contributed by atoms with van der Waals surface area (Å²) < 4.78 is 1.84. The maximum atomic E-state index is 12.9. The van der Waals surface area contributed by atoms with Crippen molar-refractivity contribution in [1.82, 2.24) is 19.6 Å². The van der Waals surface area contributed by atoms with Gasteiger partial charge in [0.1, 0.15) is 4.47 Å². The van der Waals surface area contributed by atoms with Gasteiger partial charge in [0.15, 0.2) is 0 Å². The molecule has 0 bridgehead atoms. The number of hydrogen-bond donors (Lipinski definition) is 0. The van der Waals surface area contributed by atoms with Crippen molar-refractivity contribution in [2.75, 3.05) is 26.2 Å². The molecule has 142 valence electrons. The van der Waals surface area contributed by atoms with Crippen LogP contribution in [0.3, 0.4) is 0 Å². The van der Waals surface area contributed by atoms with Crippen LogP contribution in [0.15, 0.2) is 34.9 Å².